The molecule has 1 aliphatic heterocycles. The van der Waals surface area contributed by atoms with Gasteiger partial charge in [0.25, 0.3) is 5.91 Å². The Hall–Kier alpha value is -2.74. The molecule has 2 amide bonds. The van der Waals surface area contributed by atoms with Crippen LogP contribution in [0, 0.1) is 0 Å². The molecule has 0 radical (unpaired) electrons. The average Bonchev–Trinajstić information content (AvgIpc) is 2.77. The smallest absolute Gasteiger partial charge is 0.251 e. The Kier molecular flexibility index (Phi) is 7.96. The van der Waals surface area contributed by atoms with E-state index in [4.69, 9.17) is 0 Å². The van der Waals surface area contributed by atoms with Crippen molar-refractivity contribution in [1.29, 1.82) is 0 Å². The predicted octanol–water partition coefficient (Wildman–Crippen LogP) is 0.671. The number of nitrogens with zero attached hydrogens (tertiary/aromatic N) is 1. The lowest BCUT2D eigenvalue weighted by molar-refractivity contribution is -0.119. The van der Waals surface area contributed by atoms with E-state index in [1.165, 1.54) is 11.1 Å². The predicted molar refractivity (Wildman–Crippen MR) is 116 cm³/mol. The van der Waals surface area contributed by atoms with Crippen LogP contribution >= 0.6 is 0 Å². The quantitative estimate of drug-likeness (QED) is 0.488. The van der Waals surface area contributed by atoms with Gasteiger partial charge in [0.05, 0.1) is 12.6 Å². The summed E-state index contributed by atoms with van der Waals surface area (Å²) < 4.78 is 0. The summed E-state index contributed by atoms with van der Waals surface area (Å²) in [5, 5.41) is 18.8. The van der Waals surface area contributed by atoms with Gasteiger partial charge in [-0.1, -0.05) is 36.4 Å². The Balaban J connectivity index is 1.44. The van der Waals surface area contributed by atoms with Gasteiger partial charge in [0.15, 0.2) is 0 Å². The first-order valence-electron chi connectivity index (χ1n) is 10.3. The maximum atomic E-state index is 12.5. The third-order valence-electron chi connectivity index (χ3n) is 5.26. The molecule has 1 atom stereocenters. The molecule has 7 heteroatoms. The molecule has 0 aliphatic carbocycles. The van der Waals surface area contributed by atoms with Crippen LogP contribution in [0.3, 0.4) is 0 Å². The Bertz CT molecular complexity index is 871. The van der Waals surface area contributed by atoms with Crippen LogP contribution in [0.1, 0.15) is 27.0 Å². The van der Waals surface area contributed by atoms with Gasteiger partial charge in [-0.05, 0) is 35.2 Å². The van der Waals surface area contributed by atoms with E-state index < -0.39 is 6.10 Å². The zero-order chi connectivity index (χ0) is 21.3. The van der Waals surface area contributed by atoms with E-state index >= 15 is 0 Å². The van der Waals surface area contributed by atoms with E-state index in [-0.39, 0.29) is 24.9 Å². The molecule has 4 N–H and O–H groups in total. The number of fused-ring (bicyclic) bond motifs is 1. The third kappa shape index (κ3) is 6.38. The number of hydrogen-bond acceptors (Lipinski definition) is 5. The second kappa shape index (κ2) is 10.9. The largest absolute Gasteiger partial charge is 0.390 e. The fourth-order valence-electron chi connectivity index (χ4n) is 3.62. The van der Waals surface area contributed by atoms with E-state index in [2.05, 4.69) is 39.0 Å². The normalized spacial score (nSPS) is 14.6. The number of aliphatic hydroxyl groups is 1. The van der Waals surface area contributed by atoms with Crippen molar-refractivity contribution in [2.75, 3.05) is 33.2 Å². The van der Waals surface area contributed by atoms with Gasteiger partial charge in [-0.15, -0.1) is 0 Å². The molecular formula is C23H30N4O3. The zero-order valence-corrected chi connectivity index (χ0v) is 17.4. The standard InChI is InChI=1S/C23H30N4O3/c1-24-22(29)14-25-12-17-5-4-8-19(11-17)23(30)26-13-21(28)16-27-10-9-18-6-2-3-7-20(18)15-27/h2-8,11,21,25,28H,9-10,12-16H2,1H3,(H,24,29)(H,26,30). The third-order valence-corrected chi connectivity index (χ3v) is 5.26. The molecule has 1 heterocycles. The maximum absolute atomic E-state index is 12.5. The van der Waals surface area contributed by atoms with Crippen molar-refractivity contribution in [2.24, 2.45) is 0 Å². The molecule has 3 rings (SSSR count). The van der Waals surface area contributed by atoms with Crippen molar-refractivity contribution in [1.82, 2.24) is 20.9 Å². The lowest BCUT2D eigenvalue weighted by atomic mass is 10.00. The van der Waals surface area contributed by atoms with Crippen LogP contribution in [-0.4, -0.2) is 61.2 Å². The molecule has 0 spiro atoms. The minimum Gasteiger partial charge on any atom is -0.390 e. The number of hydrogen-bond donors (Lipinski definition) is 4. The number of likely N-dealkylation sites (N-methyl/N-ethyl adjacent to an activating group) is 1. The van der Waals surface area contributed by atoms with E-state index in [0.717, 1.165) is 25.1 Å². The number of nitrogens with one attached hydrogen (secondary N) is 3. The molecule has 0 saturated carbocycles. The van der Waals surface area contributed by atoms with Crippen molar-refractivity contribution in [2.45, 2.75) is 25.6 Å². The van der Waals surface area contributed by atoms with Crippen LogP contribution in [0.5, 0.6) is 0 Å². The highest BCUT2D eigenvalue weighted by Gasteiger charge is 2.19. The Labute approximate surface area is 177 Å². The van der Waals surface area contributed by atoms with Crippen LogP contribution in [0.15, 0.2) is 48.5 Å². The average molecular weight is 411 g/mol. The summed E-state index contributed by atoms with van der Waals surface area (Å²) >= 11 is 0. The van der Waals surface area contributed by atoms with Crippen molar-refractivity contribution >= 4 is 11.8 Å². The Morgan fingerprint density at radius 1 is 1.13 bits per heavy atom. The summed E-state index contributed by atoms with van der Waals surface area (Å²) in [5.74, 6) is -0.304. The minimum absolute atomic E-state index is 0.0879. The minimum atomic E-state index is -0.628. The summed E-state index contributed by atoms with van der Waals surface area (Å²) in [4.78, 5) is 26.0. The van der Waals surface area contributed by atoms with Gasteiger partial charge < -0.3 is 21.1 Å². The van der Waals surface area contributed by atoms with Gasteiger partial charge in [-0.3, -0.25) is 14.5 Å². The van der Waals surface area contributed by atoms with Crippen LogP contribution in [0.4, 0.5) is 0 Å². The summed E-state index contributed by atoms with van der Waals surface area (Å²) in [7, 11) is 1.59. The first-order chi connectivity index (χ1) is 14.5. The topological polar surface area (TPSA) is 93.7 Å². The maximum Gasteiger partial charge on any atom is 0.251 e. The van der Waals surface area contributed by atoms with E-state index in [9.17, 15) is 14.7 Å². The molecule has 7 nitrogen and oxygen atoms in total. The van der Waals surface area contributed by atoms with Gasteiger partial charge >= 0.3 is 0 Å². The van der Waals surface area contributed by atoms with Crippen molar-refractivity contribution < 1.29 is 14.7 Å². The highest BCUT2D eigenvalue weighted by Crippen LogP contribution is 2.18. The lowest BCUT2D eigenvalue weighted by Gasteiger charge is -2.30. The Morgan fingerprint density at radius 3 is 2.73 bits per heavy atom. The molecule has 1 aliphatic rings. The first kappa shape index (κ1) is 22.0. The molecule has 2 aromatic carbocycles. The van der Waals surface area contributed by atoms with Gasteiger partial charge in [-0.25, -0.2) is 0 Å². The molecule has 0 aromatic heterocycles. The summed E-state index contributed by atoms with van der Waals surface area (Å²) in [6.07, 6.45) is 0.354. The summed E-state index contributed by atoms with van der Waals surface area (Å²) in [5.41, 5.74) is 4.13. The number of β-amino-alcohol motifs (C(OH)–C–C–N with tert-alkyl or cyclic N) is 1. The van der Waals surface area contributed by atoms with E-state index in [1.807, 2.05) is 18.2 Å². The first-order valence-corrected chi connectivity index (χ1v) is 10.3. The number of aliphatic hydroxyl groups excluding tert-OH is 1. The van der Waals surface area contributed by atoms with Crippen molar-refractivity contribution in [3.8, 4) is 0 Å². The van der Waals surface area contributed by atoms with Gasteiger partial charge in [0, 0.05) is 45.3 Å². The number of carbonyl (C=O) groups excluding carboxylic acids is 2. The fourth-order valence-corrected chi connectivity index (χ4v) is 3.62. The number of amides is 2. The van der Waals surface area contributed by atoms with Crippen molar-refractivity contribution in [3.05, 3.63) is 70.8 Å². The van der Waals surface area contributed by atoms with Crippen LogP contribution in [0.2, 0.25) is 0 Å². The molecular weight excluding hydrogens is 380 g/mol. The van der Waals surface area contributed by atoms with Gasteiger partial charge in [-0.2, -0.15) is 0 Å². The van der Waals surface area contributed by atoms with Crippen LogP contribution in [-0.2, 0) is 24.3 Å². The highest BCUT2D eigenvalue weighted by molar-refractivity contribution is 5.94. The molecule has 1 unspecified atom stereocenters. The molecule has 2 aromatic rings. The second-order valence-electron chi connectivity index (χ2n) is 7.59. The fraction of sp³-hybridized carbons (Fsp3) is 0.391. The molecule has 30 heavy (non-hydrogen) atoms. The van der Waals surface area contributed by atoms with Gasteiger partial charge in [0.1, 0.15) is 0 Å². The molecule has 0 fully saturated rings. The molecule has 0 bridgehead atoms. The number of carbonyl (C=O) groups is 2. The second-order valence-corrected chi connectivity index (χ2v) is 7.59. The molecule has 160 valence electrons. The SMILES string of the molecule is CNC(=O)CNCc1cccc(C(=O)NCC(O)CN2CCc3ccccc3C2)c1. The molecule has 0 saturated heterocycles. The van der Waals surface area contributed by atoms with E-state index in [0.29, 0.717) is 18.7 Å². The number of benzene rings is 2. The summed E-state index contributed by atoms with van der Waals surface area (Å²) in [6.45, 7) is 3.18. The van der Waals surface area contributed by atoms with Crippen molar-refractivity contribution in [3.63, 3.8) is 0 Å². The van der Waals surface area contributed by atoms with Gasteiger partial charge in [0.2, 0.25) is 5.91 Å². The lowest BCUT2D eigenvalue weighted by Crippen LogP contribution is -2.42. The van der Waals surface area contributed by atoms with Crippen LogP contribution < -0.4 is 16.0 Å². The Morgan fingerprint density at radius 2 is 1.93 bits per heavy atom. The van der Waals surface area contributed by atoms with E-state index in [1.54, 1.807) is 19.2 Å². The number of rotatable bonds is 9. The monoisotopic (exact) mass is 410 g/mol. The summed E-state index contributed by atoms with van der Waals surface area (Å²) in [6, 6.07) is 15.6. The zero-order valence-electron chi connectivity index (χ0n) is 17.4. The highest BCUT2D eigenvalue weighted by atomic mass is 16.3. The van der Waals surface area contributed by atoms with Crippen LogP contribution in [0.25, 0.3) is 0 Å².